The summed E-state index contributed by atoms with van der Waals surface area (Å²) in [5.41, 5.74) is -0.720. The lowest BCUT2D eigenvalue weighted by molar-refractivity contribution is -0.168. The molecule has 0 aromatic heterocycles. The van der Waals surface area contributed by atoms with Gasteiger partial charge in [-0.1, -0.05) is 30.3 Å². The molecule has 1 saturated heterocycles. The summed E-state index contributed by atoms with van der Waals surface area (Å²) in [7, 11) is 0. The maximum absolute atomic E-state index is 12.0. The SMILES string of the molecule is NN1CCC(C(=O)O)(C(=O)OCc2ccccc2)C1. The van der Waals surface area contributed by atoms with Crippen LogP contribution in [0.25, 0.3) is 0 Å². The van der Waals surface area contributed by atoms with Gasteiger partial charge in [0.05, 0.1) is 0 Å². The van der Waals surface area contributed by atoms with Gasteiger partial charge in [-0.05, 0) is 12.0 Å². The lowest BCUT2D eigenvalue weighted by atomic mass is 9.87. The number of carboxylic acids is 1. The Kier molecular flexibility index (Phi) is 3.82. The Bertz CT molecular complexity index is 477. The van der Waals surface area contributed by atoms with E-state index >= 15 is 0 Å². The number of nitrogens with zero attached hydrogens (tertiary/aromatic N) is 1. The second-order valence-electron chi connectivity index (χ2n) is 4.67. The van der Waals surface area contributed by atoms with Gasteiger partial charge in [-0.25, -0.2) is 5.01 Å². The lowest BCUT2D eigenvalue weighted by Crippen LogP contribution is -2.44. The molecule has 1 atom stereocenters. The molecule has 1 fully saturated rings. The van der Waals surface area contributed by atoms with Crippen LogP contribution in [0.2, 0.25) is 0 Å². The van der Waals surface area contributed by atoms with Gasteiger partial charge in [0.15, 0.2) is 5.41 Å². The van der Waals surface area contributed by atoms with Crippen molar-refractivity contribution in [1.29, 1.82) is 0 Å². The normalized spacial score (nSPS) is 23.2. The van der Waals surface area contributed by atoms with Gasteiger partial charge >= 0.3 is 11.9 Å². The molecular weight excluding hydrogens is 248 g/mol. The maximum Gasteiger partial charge on any atom is 0.325 e. The second-order valence-corrected chi connectivity index (χ2v) is 4.67. The fraction of sp³-hybridized carbons (Fsp3) is 0.385. The quantitative estimate of drug-likeness (QED) is 0.464. The molecule has 0 saturated carbocycles. The van der Waals surface area contributed by atoms with Crippen molar-refractivity contribution in [3.05, 3.63) is 35.9 Å². The van der Waals surface area contributed by atoms with E-state index in [9.17, 15) is 14.7 Å². The van der Waals surface area contributed by atoms with Gasteiger partial charge < -0.3 is 9.84 Å². The summed E-state index contributed by atoms with van der Waals surface area (Å²) in [5, 5.41) is 10.6. The van der Waals surface area contributed by atoms with E-state index in [0.29, 0.717) is 6.54 Å². The first-order chi connectivity index (χ1) is 9.04. The Morgan fingerprint density at radius 3 is 2.58 bits per heavy atom. The predicted molar refractivity (Wildman–Crippen MR) is 66.7 cm³/mol. The summed E-state index contributed by atoms with van der Waals surface area (Å²) < 4.78 is 5.12. The third kappa shape index (κ3) is 2.74. The van der Waals surface area contributed by atoms with Gasteiger partial charge in [-0.15, -0.1) is 0 Å². The summed E-state index contributed by atoms with van der Waals surface area (Å²) in [6.07, 6.45) is 0.173. The van der Waals surface area contributed by atoms with Crippen molar-refractivity contribution in [2.24, 2.45) is 11.3 Å². The highest BCUT2D eigenvalue weighted by molar-refractivity contribution is 5.99. The van der Waals surface area contributed by atoms with Crippen LogP contribution in [0.3, 0.4) is 0 Å². The number of rotatable bonds is 4. The molecule has 102 valence electrons. The zero-order chi connectivity index (χ0) is 13.9. The summed E-state index contributed by atoms with van der Waals surface area (Å²) in [5.74, 6) is 3.65. The number of carbonyl (C=O) groups excluding carboxylic acids is 1. The fourth-order valence-corrected chi connectivity index (χ4v) is 2.13. The third-order valence-electron chi connectivity index (χ3n) is 3.31. The first kappa shape index (κ1) is 13.5. The summed E-state index contributed by atoms with van der Waals surface area (Å²) in [4.78, 5) is 23.4. The maximum atomic E-state index is 12.0. The topological polar surface area (TPSA) is 92.9 Å². The Morgan fingerprint density at radius 2 is 2.05 bits per heavy atom. The zero-order valence-electron chi connectivity index (χ0n) is 10.4. The Morgan fingerprint density at radius 1 is 1.37 bits per heavy atom. The molecule has 1 aromatic carbocycles. The molecule has 1 heterocycles. The first-order valence-corrected chi connectivity index (χ1v) is 5.99. The molecular formula is C13H16N2O4. The van der Waals surface area contributed by atoms with Crippen LogP contribution in [0.1, 0.15) is 12.0 Å². The molecule has 0 spiro atoms. The number of ether oxygens (including phenoxy) is 1. The van der Waals surface area contributed by atoms with Crippen molar-refractivity contribution in [3.63, 3.8) is 0 Å². The highest BCUT2D eigenvalue weighted by atomic mass is 16.5. The number of esters is 1. The smallest absolute Gasteiger partial charge is 0.325 e. The highest BCUT2D eigenvalue weighted by Gasteiger charge is 2.52. The van der Waals surface area contributed by atoms with Crippen LogP contribution in [0.15, 0.2) is 30.3 Å². The van der Waals surface area contributed by atoms with Crippen LogP contribution in [0.5, 0.6) is 0 Å². The number of carbonyl (C=O) groups is 2. The average Bonchev–Trinajstić information content (AvgIpc) is 2.81. The van der Waals surface area contributed by atoms with Crippen LogP contribution in [-0.2, 0) is 20.9 Å². The minimum Gasteiger partial charge on any atom is -0.480 e. The Labute approximate surface area is 110 Å². The van der Waals surface area contributed by atoms with Crippen LogP contribution < -0.4 is 5.84 Å². The average molecular weight is 264 g/mol. The van der Waals surface area contributed by atoms with Crippen LogP contribution in [-0.4, -0.2) is 35.1 Å². The van der Waals surface area contributed by atoms with Crippen LogP contribution in [0.4, 0.5) is 0 Å². The minimum absolute atomic E-state index is 0.0179. The summed E-state index contributed by atoms with van der Waals surface area (Å²) in [6.45, 7) is 0.419. The fourth-order valence-electron chi connectivity index (χ4n) is 2.13. The van der Waals surface area contributed by atoms with Crippen molar-refractivity contribution < 1.29 is 19.4 Å². The van der Waals surface area contributed by atoms with E-state index in [0.717, 1.165) is 5.56 Å². The number of benzene rings is 1. The molecule has 1 aliphatic rings. The molecule has 0 radical (unpaired) electrons. The number of hydrazine groups is 1. The molecule has 6 heteroatoms. The number of nitrogens with two attached hydrogens (primary N) is 1. The summed E-state index contributed by atoms with van der Waals surface area (Å²) >= 11 is 0. The minimum atomic E-state index is -1.54. The molecule has 19 heavy (non-hydrogen) atoms. The van der Waals surface area contributed by atoms with Gasteiger partial charge in [0.2, 0.25) is 0 Å². The first-order valence-electron chi connectivity index (χ1n) is 5.99. The second kappa shape index (κ2) is 5.38. The predicted octanol–water partition coefficient (Wildman–Crippen LogP) is 0.380. The molecule has 2 rings (SSSR count). The number of aliphatic carboxylic acids is 1. The van der Waals surface area contributed by atoms with E-state index in [1.807, 2.05) is 30.3 Å². The summed E-state index contributed by atoms with van der Waals surface area (Å²) in [6, 6.07) is 9.13. The van der Waals surface area contributed by atoms with E-state index in [4.69, 9.17) is 10.6 Å². The Hall–Kier alpha value is -1.92. The monoisotopic (exact) mass is 264 g/mol. The van der Waals surface area contributed by atoms with Gasteiger partial charge in [-0.3, -0.25) is 15.4 Å². The van der Waals surface area contributed by atoms with Gasteiger partial charge in [-0.2, -0.15) is 0 Å². The van der Waals surface area contributed by atoms with Crippen molar-refractivity contribution in [3.8, 4) is 0 Å². The number of carboxylic acid groups (broad SMARTS) is 1. The van der Waals surface area contributed by atoms with Crippen molar-refractivity contribution in [1.82, 2.24) is 5.01 Å². The van der Waals surface area contributed by atoms with Crippen molar-refractivity contribution >= 4 is 11.9 Å². The molecule has 0 amide bonds. The zero-order valence-corrected chi connectivity index (χ0v) is 10.4. The number of hydrogen-bond acceptors (Lipinski definition) is 5. The van der Waals surface area contributed by atoms with Crippen molar-refractivity contribution in [2.45, 2.75) is 13.0 Å². The Balaban J connectivity index is 2.03. The number of hydrogen-bond donors (Lipinski definition) is 2. The van der Waals surface area contributed by atoms with E-state index in [1.165, 1.54) is 5.01 Å². The molecule has 0 bridgehead atoms. The van der Waals surface area contributed by atoms with Crippen LogP contribution >= 0.6 is 0 Å². The highest BCUT2D eigenvalue weighted by Crippen LogP contribution is 2.31. The van der Waals surface area contributed by atoms with E-state index in [1.54, 1.807) is 0 Å². The molecule has 1 aliphatic heterocycles. The molecule has 1 unspecified atom stereocenters. The van der Waals surface area contributed by atoms with Gasteiger partial charge in [0.25, 0.3) is 0 Å². The van der Waals surface area contributed by atoms with Crippen molar-refractivity contribution in [2.75, 3.05) is 13.1 Å². The van der Waals surface area contributed by atoms with Gasteiger partial charge in [0, 0.05) is 13.1 Å². The van der Waals surface area contributed by atoms with Gasteiger partial charge in [0.1, 0.15) is 6.61 Å². The van der Waals surface area contributed by atoms with E-state index in [2.05, 4.69) is 0 Å². The lowest BCUT2D eigenvalue weighted by Gasteiger charge is -2.21. The van der Waals surface area contributed by atoms with E-state index in [-0.39, 0.29) is 19.6 Å². The standard InChI is InChI=1S/C13H16N2O4/c14-15-7-6-13(9-15,11(16)17)12(18)19-8-10-4-2-1-3-5-10/h1-5H,6-9,14H2,(H,16,17). The molecule has 1 aromatic rings. The molecule has 0 aliphatic carbocycles. The largest absolute Gasteiger partial charge is 0.480 e. The third-order valence-corrected chi connectivity index (χ3v) is 3.31. The van der Waals surface area contributed by atoms with E-state index < -0.39 is 17.4 Å². The molecule has 3 N–H and O–H groups in total. The van der Waals surface area contributed by atoms with Crippen LogP contribution in [0, 0.1) is 5.41 Å². The molecule has 6 nitrogen and oxygen atoms in total.